The summed E-state index contributed by atoms with van der Waals surface area (Å²) >= 11 is 0. The van der Waals surface area contributed by atoms with E-state index in [9.17, 15) is 10.4 Å². The number of aromatic nitrogens is 2. The molecule has 4 fully saturated rings. The Labute approximate surface area is 187 Å². The number of hydrogen-bond acceptors (Lipinski definition) is 4. The fourth-order valence-corrected chi connectivity index (χ4v) is 9.00. The normalized spacial score (nSPS) is 45.3. The van der Waals surface area contributed by atoms with Crippen molar-refractivity contribution < 1.29 is 9.84 Å². The number of methoxy groups -OCH3 is 1. The highest BCUT2D eigenvalue weighted by Gasteiger charge is 2.58. The van der Waals surface area contributed by atoms with Crippen LogP contribution in [0.3, 0.4) is 0 Å². The van der Waals surface area contributed by atoms with Crippen LogP contribution in [0.15, 0.2) is 12.4 Å². The fraction of sp³-hybridized carbons (Fsp3) is 0.846. The Kier molecular flexibility index (Phi) is 5.46. The lowest BCUT2D eigenvalue weighted by atomic mass is 9.48. The highest BCUT2D eigenvalue weighted by molar-refractivity contribution is 5.22. The van der Waals surface area contributed by atoms with E-state index in [1.165, 1.54) is 44.9 Å². The summed E-state index contributed by atoms with van der Waals surface area (Å²) in [7, 11) is 1.71. The van der Waals surface area contributed by atoms with Gasteiger partial charge in [-0.05, 0) is 106 Å². The Hall–Kier alpha value is -1.38. The second-order valence-electron chi connectivity index (χ2n) is 11.6. The number of aliphatic hydroxyl groups is 1. The molecule has 1 aromatic heterocycles. The molecule has 9 atom stereocenters. The molecule has 1 unspecified atom stereocenters. The molecule has 5 heteroatoms. The first-order valence-electron chi connectivity index (χ1n) is 12.5. The third kappa shape index (κ3) is 3.45. The molecule has 170 valence electrons. The maximum atomic E-state index is 11.0. The zero-order valence-electron chi connectivity index (χ0n) is 19.5. The molecule has 1 N–H and O–H groups in total. The van der Waals surface area contributed by atoms with Crippen molar-refractivity contribution in [3.8, 4) is 6.07 Å². The Morgan fingerprint density at radius 2 is 2.00 bits per heavy atom. The number of fused-ring (bicyclic) bond motifs is 5. The second kappa shape index (κ2) is 7.89. The van der Waals surface area contributed by atoms with E-state index >= 15 is 0 Å². The average Bonchev–Trinajstić information content (AvgIpc) is 3.37. The first kappa shape index (κ1) is 21.5. The summed E-state index contributed by atoms with van der Waals surface area (Å²) < 4.78 is 7.40. The van der Waals surface area contributed by atoms with Gasteiger partial charge in [0.15, 0.2) is 0 Å². The summed E-state index contributed by atoms with van der Waals surface area (Å²) in [6, 6.07) is 2.58. The molecule has 4 saturated carbocycles. The largest absolute Gasteiger partial charge is 0.387 e. The molecular formula is C26H39N3O2. The van der Waals surface area contributed by atoms with Crippen molar-refractivity contribution >= 4 is 0 Å². The van der Waals surface area contributed by atoms with Crippen molar-refractivity contribution in [2.45, 2.75) is 83.3 Å². The van der Waals surface area contributed by atoms with E-state index in [4.69, 9.17) is 4.74 Å². The van der Waals surface area contributed by atoms with Crippen molar-refractivity contribution in [3.63, 3.8) is 0 Å². The lowest BCUT2D eigenvalue weighted by Gasteiger charge is -2.57. The first-order valence-corrected chi connectivity index (χ1v) is 12.5. The molecular weight excluding hydrogens is 386 g/mol. The van der Waals surface area contributed by atoms with Gasteiger partial charge in [-0.25, -0.2) is 0 Å². The Balaban J connectivity index is 1.32. The van der Waals surface area contributed by atoms with Crippen LogP contribution in [-0.4, -0.2) is 34.2 Å². The van der Waals surface area contributed by atoms with Crippen molar-refractivity contribution in [1.82, 2.24) is 9.78 Å². The molecule has 0 amide bonds. The summed E-state index contributed by atoms with van der Waals surface area (Å²) in [5.74, 6) is 4.67. The van der Waals surface area contributed by atoms with Crippen molar-refractivity contribution in [2.75, 3.05) is 13.7 Å². The van der Waals surface area contributed by atoms with Gasteiger partial charge in [-0.15, -0.1) is 0 Å². The van der Waals surface area contributed by atoms with Crippen molar-refractivity contribution in [2.24, 2.45) is 40.9 Å². The summed E-state index contributed by atoms with van der Waals surface area (Å²) in [6.07, 6.45) is 14.6. The summed E-state index contributed by atoms with van der Waals surface area (Å²) in [6.45, 7) is 5.37. The molecule has 0 saturated heterocycles. The molecule has 5 nitrogen and oxygen atoms in total. The van der Waals surface area contributed by atoms with Crippen molar-refractivity contribution in [3.05, 3.63) is 18.0 Å². The van der Waals surface area contributed by atoms with Gasteiger partial charge in [-0.2, -0.15) is 10.4 Å². The summed E-state index contributed by atoms with van der Waals surface area (Å²) in [4.78, 5) is 0. The lowest BCUT2D eigenvalue weighted by molar-refractivity contribution is -0.125. The van der Waals surface area contributed by atoms with Gasteiger partial charge in [0.05, 0.1) is 30.0 Å². The highest BCUT2D eigenvalue weighted by Crippen LogP contribution is 2.66. The van der Waals surface area contributed by atoms with Crippen LogP contribution in [0.2, 0.25) is 0 Å². The molecule has 5 rings (SSSR count). The fourth-order valence-electron chi connectivity index (χ4n) is 9.00. The summed E-state index contributed by atoms with van der Waals surface area (Å²) in [5, 5.41) is 24.7. The zero-order chi connectivity index (χ0) is 21.8. The Morgan fingerprint density at radius 1 is 1.19 bits per heavy atom. The number of ether oxygens (including phenoxy) is 1. The predicted octanol–water partition coefficient (Wildman–Crippen LogP) is 4.96. The lowest BCUT2D eigenvalue weighted by Crippen LogP contribution is -2.52. The van der Waals surface area contributed by atoms with Crippen LogP contribution in [0, 0.1) is 52.3 Å². The standard InChI is InChI=1S/C26H39N3O2/c1-17(29-15-18(13-27)14-28-29)23-6-7-24-22-5-4-19-12-26(30,16-31-3)11-9-20(19)21(22)8-10-25(23,24)2/h14-15,17,19-24,30H,4-12,16H2,1-3H3/t17?,19-,20+,21-,22-,23-,24+,25-,26-/m1/s1. The SMILES string of the molecule is COC[C@@]1(O)CC[C@H]2[C@H](CC[C@@H]3[C@@H]2CC[C@]2(C)[C@@H](C(C)n4cc(C#N)cn4)CC[C@@H]32)C1. The van der Waals surface area contributed by atoms with Crippen LogP contribution in [0.5, 0.6) is 0 Å². The van der Waals surface area contributed by atoms with E-state index in [1.54, 1.807) is 13.3 Å². The van der Waals surface area contributed by atoms with Crippen LogP contribution >= 0.6 is 0 Å². The van der Waals surface area contributed by atoms with Gasteiger partial charge in [-0.1, -0.05) is 6.92 Å². The predicted molar refractivity (Wildman–Crippen MR) is 119 cm³/mol. The molecule has 0 spiro atoms. The van der Waals surface area contributed by atoms with Crippen molar-refractivity contribution in [1.29, 1.82) is 5.26 Å². The van der Waals surface area contributed by atoms with E-state index in [1.807, 2.05) is 6.20 Å². The van der Waals surface area contributed by atoms with E-state index in [0.717, 1.165) is 36.5 Å². The van der Waals surface area contributed by atoms with Gasteiger partial charge in [0.25, 0.3) is 0 Å². The molecule has 0 bridgehead atoms. The maximum Gasteiger partial charge on any atom is 0.102 e. The minimum absolute atomic E-state index is 0.351. The van der Waals surface area contributed by atoms with Gasteiger partial charge >= 0.3 is 0 Å². The second-order valence-corrected chi connectivity index (χ2v) is 11.6. The van der Waals surface area contributed by atoms with Gasteiger partial charge in [0.1, 0.15) is 6.07 Å². The molecule has 4 aliphatic carbocycles. The van der Waals surface area contributed by atoms with Gasteiger partial charge in [-0.3, -0.25) is 4.68 Å². The van der Waals surface area contributed by atoms with Gasteiger partial charge < -0.3 is 9.84 Å². The molecule has 31 heavy (non-hydrogen) atoms. The monoisotopic (exact) mass is 425 g/mol. The van der Waals surface area contributed by atoms with Crippen LogP contribution in [0.4, 0.5) is 0 Å². The van der Waals surface area contributed by atoms with Gasteiger partial charge in [0, 0.05) is 13.3 Å². The average molecular weight is 426 g/mol. The zero-order valence-corrected chi connectivity index (χ0v) is 19.5. The third-order valence-electron chi connectivity index (χ3n) is 10.3. The smallest absolute Gasteiger partial charge is 0.102 e. The van der Waals surface area contributed by atoms with Crippen LogP contribution in [0.25, 0.3) is 0 Å². The number of hydrogen-bond donors (Lipinski definition) is 1. The minimum atomic E-state index is -0.591. The Morgan fingerprint density at radius 3 is 2.74 bits per heavy atom. The maximum absolute atomic E-state index is 11.0. The molecule has 0 aliphatic heterocycles. The van der Waals surface area contributed by atoms with E-state index < -0.39 is 5.60 Å². The van der Waals surface area contributed by atoms with E-state index in [-0.39, 0.29) is 0 Å². The number of nitrogens with zero attached hydrogens (tertiary/aromatic N) is 3. The molecule has 1 heterocycles. The number of nitriles is 1. The van der Waals surface area contributed by atoms with Crippen LogP contribution in [0.1, 0.15) is 83.2 Å². The van der Waals surface area contributed by atoms with Gasteiger partial charge in [0.2, 0.25) is 0 Å². The van der Waals surface area contributed by atoms with E-state index in [2.05, 4.69) is 29.7 Å². The van der Waals surface area contributed by atoms with E-state index in [0.29, 0.717) is 35.5 Å². The molecule has 0 aromatic carbocycles. The van der Waals surface area contributed by atoms with Crippen LogP contribution < -0.4 is 0 Å². The minimum Gasteiger partial charge on any atom is -0.387 e. The topological polar surface area (TPSA) is 71.1 Å². The molecule has 1 aromatic rings. The quantitative estimate of drug-likeness (QED) is 0.740. The number of rotatable bonds is 4. The summed E-state index contributed by atoms with van der Waals surface area (Å²) in [5.41, 5.74) is 0.461. The molecule has 4 aliphatic rings. The first-order chi connectivity index (χ1) is 14.9. The third-order valence-corrected chi connectivity index (χ3v) is 10.3. The van der Waals surface area contributed by atoms with Crippen LogP contribution in [-0.2, 0) is 4.74 Å². The highest BCUT2D eigenvalue weighted by atomic mass is 16.5. The molecule has 0 radical (unpaired) electrons. The Bertz CT molecular complexity index is 846.